The van der Waals surface area contributed by atoms with Crippen LogP contribution in [0.1, 0.15) is 18.9 Å². The summed E-state index contributed by atoms with van der Waals surface area (Å²) in [4.78, 5) is 17.0. The number of para-hydroxylation sites is 2. The Bertz CT molecular complexity index is 906. The average molecular weight is 382 g/mol. The molecule has 5 nitrogen and oxygen atoms in total. The van der Waals surface area contributed by atoms with E-state index in [0.29, 0.717) is 18.0 Å². The van der Waals surface area contributed by atoms with Crippen molar-refractivity contribution >= 4 is 28.6 Å². The molecule has 0 spiro atoms. The minimum atomic E-state index is -0.396. The highest BCUT2D eigenvalue weighted by Gasteiger charge is 2.15. The summed E-state index contributed by atoms with van der Waals surface area (Å²) in [7, 11) is 0. The molecular formula is C21H23N3O2S. The monoisotopic (exact) mass is 381 g/mol. The predicted molar refractivity (Wildman–Crippen MR) is 112 cm³/mol. The SMILES string of the molecule is CCOc1ccccc1NC(=O)[C@@H](C)Nc1ccc(-c2csc(C)n2)cc1. The quantitative estimate of drug-likeness (QED) is 0.607. The van der Waals surface area contributed by atoms with Crippen LogP contribution in [0, 0.1) is 6.92 Å². The zero-order valence-electron chi connectivity index (χ0n) is 15.7. The first kappa shape index (κ1) is 18.9. The molecule has 1 amide bonds. The number of nitrogens with zero attached hydrogens (tertiary/aromatic N) is 1. The van der Waals surface area contributed by atoms with Crippen LogP contribution in [-0.4, -0.2) is 23.5 Å². The van der Waals surface area contributed by atoms with E-state index in [1.807, 2.05) is 74.7 Å². The maximum Gasteiger partial charge on any atom is 0.246 e. The molecular weight excluding hydrogens is 358 g/mol. The minimum absolute atomic E-state index is 0.124. The largest absolute Gasteiger partial charge is 0.492 e. The number of thiazole rings is 1. The third-order valence-electron chi connectivity index (χ3n) is 4.02. The first-order chi connectivity index (χ1) is 13.1. The highest BCUT2D eigenvalue weighted by molar-refractivity contribution is 7.09. The molecule has 0 aliphatic rings. The second-order valence-corrected chi connectivity index (χ2v) is 7.18. The summed E-state index contributed by atoms with van der Waals surface area (Å²) in [6, 6.07) is 15.0. The minimum Gasteiger partial charge on any atom is -0.492 e. The number of rotatable bonds is 7. The number of aryl methyl sites for hydroxylation is 1. The molecule has 0 fully saturated rings. The topological polar surface area (TPSA) is 63.2 Å². The van der Waals surface area contributed by atoms with Crippen LogP contribution in [0.5, 0.6) is 5.75 Å². The molecule has 140 valence electrons. The van der Waals surface area contributed by atoms with Gasteiger partial charge in [0.25, 0.3) is 0 Å². The van der Waals surface area contributed by atoms with Gasteiger partial charge in [-0.05, 0) is 45.0 Å². The molecule has 1 heterocycles. The number of hydrogen-bond donors (Lipinski definition) is 2. The van der Waals surface area contributed by atoms with Crippen LogP contribution in [0.25, 0.3) is 11.3 Å². The van der Waals surface area contributed by atoms with Crippen molar-refractivity contribution in [3.63, 3.8) is 0 Å². The Balaban J connectivity index is 1.63. The van der Waals surface area contributed by atoms with Crippen molar-refractivity contribution in [2.45, 2.75) is 26.8 Å². The molecule has 6 heteroatoms. The Morgan fingerprint density at radius 1 is 1.19 bits per heavy atom. The predicted octanol–water partition coefficient (Wildman–Crippen LogP) is 4.96. The molecule has 0 saturated carbocycles. The lowest BCUT2D eigenvalue weighted by molar-refractivity contribution is -0.116. The van der Waals surface area contributed by atoms with Gasteiger partial charge >= 0.3 is 0 Å². The molecule has 0 aliphatic heterocycles. The summed E-state index contributed by atoms with van der Waals surface area (Å²) in [6.07, 6.45) is 0. The molecule has 2 aromatic carbocycles. The van der Waals surface area contributed by atoms with Crippen LogP contribution in [0.15, 0.2) is 53.9 Å². The second kappa shape index (κ2) is 8.68. The highest BCUT2D eigenvalue weighted by atomic mass is 32.1. The Labute approximate surface area is 163 Å². The van der Waals surface area contributed by atoms with E-state index in [1.54, 1.807) is 11.3 Å². The van der Waals surface area contributed by atoms with E-state index in [-0.39, 0.29) is 5.91 Å². The van der Waals surface area contributed by atoms with Gasteiger partial charge in [-0.2, -0.15) is 0 Å². The third-order valence-corrected chi connectivity index (χ3v) is 4.79. The van der Waals surface area contributed by atoms with Gasteiger partial charge in [-0.1, -0.05) is 24.3 Å². The van der Waals surface area contributed by atoms with Gasteiger partial charge < -0.3 is 15.4 Å². The molecule has 3 aromatic rings. The van der Waals surface area contributed by atoms with Crippen LogP contribution in [0.2, 0.25) is 0 Å². The van der Waals surface area contributed by atoms with Crippen molar-refractivity contribution in [3.05, 3.63) is 58.9 Å². The van der Waals surface area contributed by atoms with Crippen LogP contribution < -0.4 is 15.4 Å². The van der Waals surface area contributed by atoms with Gasteiger partial charge in [-0.15, -0.1) is 11.3 Å². The number of carbonyl (C=O) groups is 1. The Kier molecular flexibility index (Phi) is 6.08. The van der Waals surface area contributed by atoms with E-state index in [1.165, 1.54) is 0 Å². The average Bonchev–Trinajstić information content (AvgIpc) is 3.10. The number of anilines is 2. The number of amides is 1. The molecule has 27 heavy (non-hydrogen) atoms. The van der Waals surface area contributed by atoms with Gasteiger partial charge in [0.05, 0.1) is 23.0 Å². The molecule has 1 aromatic heterocycles. The van der Waals surface area contributed by atoms with Gasteiger partial charge in [0.1, 0.15) is 11.8 Å². The summed E-state index contributed by atoms with van der Waals surface area (Å²) in [5.74, 6) is 0.546. The van der Waals surface area contributed by atoms with Gasteiger partial charge in [0.15, 0.2) is 0 Å². The lowest BCUT2D eigenvalue weighted by Gasteiger charge is -2.17. The van der Waals surface area contributed by atoms with E-state index < -0.39 is 6.04 Å². The number of nitrogens with one attached hydrogen (secondary N) is 2. The Morgan fingerprint density at radius 3 is 2.59 bits per heavy atom. The summed E-state index contributed by atoms with van der Waals surface area (Å²) in [5.41, 5.74) is 3.59. The van der Waals surface area contributed by atoms with E-state index in [4.69, 9.17) is 4.74 Å². The van der Waals surface area contributed by atoms with Crippen molar-refractivity contribution in [3.8, 4) is 17.0 Å². The number of ether oxygens (including phenoxy) is 1. The first-order valence-electron chi connectivity index (χ1n) is 8.88. The van der Waals surface area contributed by atoms with Gasteiger partial charge in [0, 0.05) is 16.6 Å². The zero-order valence-corrected chi connectivity index (χ0v) is 16.5. The molecule has 0 aliphatic carbocycles. The van der Waals surface area contributed by atoms with Crippen LogP contribution in [0.3, 0.4) is 0 Å². The van der Waals surface area contributed by atoms with E-state index in [0.717, 1.165) is 22.0 Å². The molecule has 3 rings (SSSR count). The Hall–Kier alpha value is -2.86. The number of hydrogen-bond acceptors (Lipinski definition) is 5. The van der Waals surface area contributed by atoms with Crippen molar-refractivity contribution < 1.29 is 9.53 Å². The van der Waals surface area contributed by atoms with Crippen molar-refractivity contribution in [2.24, 2.45) is 0 Å². The highest BCUT2D eigenvalue weighted by Crippen LogP contribution is 2.25. The van der Waals surface area contributed by atoms with Crippen molar-refractivity contribution in [1.29, 1.82) is 0 Å². The van der Waals surface area contributed by atoms with Gasteiger partial charge in [-0.3, -0.25) is 4.79 Å². The molecule has 0 bridgehead atoms. The van der Waals surface area contributed by atoms with E-state index in [9.17, 15) is 4.79 Å². The molecule has 1 atom stereocenters. The fourth-order valence-corrected chi connectivity index (χ4v) is 3.26. The summed E-state index contributed by atoms with van der Waals surface area (Å²) in [5, 5.41) is 9.24. The third kappa shape index (κ3) is 4.86. The lowest BCUT2D eigenvalue weighted by Crippen LogP contribution is -2.32. The normalized spacial score (nSPS) is 11.7. The maximum atomic E-state index is 12.5. The smallest absolute Gasteiger partial charge is 0.246 e. The van der Waals surface area contributed by atoms with Crippen molar-refractivity contribution in [2.75, 3.05) is 17.2 Å². The Morgan fingerprint density at radius 2 is 1.93 bits per heavy atom. The zero-order chi connectivity index (χ0) is 19.2. The van der Waals surface area contributed by atoms with E-state index in [2.05, 4.69) is 15.6 Å². The van der Waals surface area contributed by atoms with E-state index >= 15 is 0 Å². The fraction of sp³-hybridized carbons (Fsp3) is 0.238. The molecule has 2 N–H and O–H groups in total. The van der Waals surface area contributed by atoms with Crippen LogP contribution in [0.4, 0.5) is 11.4 Å². The number of benzene rings is 2. The second-order valence-electron chi connectivity index (χ2n) is 6.11. The van der Waals surface area contributed by atoms with Crippen LogP contribution >= 0.6 is 11.3 Å². The van der Waals surface area contributed by atoms with Crippen LogP contribution in [-0.2, 0) is 4.79 Å². The molecule has 0 unspecified atom stereocenters. The molecule has 0 radical (unpaired) electrons. The summed E-state index contributed by atoms with van der Waals surface area (Å²) in [6.45, 7) is 6.29. The van der Waals surface area contributed by atoms with Gasteiger partial charge in [-0.25, -0.2) is 4.98 Å². The standard InChI is InChI=1S/C21H23N3O2S/c1-4-26-20-8-6-5-7-18(20)24-21(25)14(2)22-17-11-9-16(10-12-17)19-13-27-15(3)23-19/h5-14,22H,4H2,1-3H3,(H,24,25)/t14-/m1/s1. The van der Waals surface area contributed by atoms with Crippen molar-refractivity contribution in [1.82, 2.24) is 4.98 Å². The first-order valence-corrected chi connectivity index (χ1v) is 9.76. The lowest BCUT2D eigenvalue weighted by atomic mass is 10.1. The fourth-order valence-electron chi connectivity index (χ4n) is 2.64. The number of aromatic nitrogens is 1. The number of carbonyl (C=O) groups excluding carboxylic acids is 1. The van der Waals surface area contributed by atoms with Gasteiger partial charge in [0.2, 0.25) is 5.91 Å². The summed E-state index contributed by atoms with van der Waals surface area (Å²) >= 11 is 1.63. The molecule has 0 saturated heterocycles. The maximum absolute atomic E-state index is 12.5. The summed E-state index contributed by atoms with van der Waals surface area (Å²) < 4.78 is 5.55.